The average molecular weight is 979 g/mol. The molecule has 2 aliphatic rings. The van der Waals surface area contributed by atoms with Crippen LogP contribution in [-0.2, 0) is 0 Å². The second kappa shape index (κ2) is 20.9. The van der Waals surface area contributed by atoms with Crippen LogP contribution in [0, 0.1) is 0 Å². The molecule has 13 rings (SSSR count). The minimum Gasteiger partial charge on any atom is -0.338 e. The van der Waals surface area contributed by atoms with E-state index in [1.165, 1.54) is 82.4 Å². The molecule has 0 radical (unpaired) electrons. The third kappa shape index (κ3) is 8.98. The molecule has 0 unspecified atom stereocenters. The minimum absolute atomic E-state index is 0.399. The largest absolute Gasteiger partial charge is 0.338 e. The highest BCUT2D eigenvalue weighted by molar-refractivity contribution is 6.07. The zero-order valence-electron chi connectivity index (χ0n) is 42.5. The lowest BCUT2D eigenvalue weighted by molar-refractivity contribution is 0.436. The molecule has 0 atom stereocenters. The van der Waals surface area contributed by atoms with Gasteiger partial charge in [-0.2, -0.15) is 0 Å². The fourth-order valence-electron chi connectivity index (χ4n) is 11.8. The Balaban J connectivity index is 1.11. The predicted octanol–water partition coefficient (Wildman–Crippen LogP) is 20.5. The SMILES string of the molecule is c1ccc(N(c2ccccc2)c2ccc3c(c2)-c2ccc(N(c4ccccc4)c4ccccc4)cc2-c2ccc(N(c4ccccc4)C4CCCCC4)cc2-c2ccc(N(c4ccccc4)c4ccccc4)cc2-3)cc1. The molecule has 0 N–H and O–H groups in total. The number of rotatable bonds is 12. The smallest absolute Gasteiger partial charge is 0.0468 e. The summed E-state index contributed by atoms with van der Waals surface area (Å²) in [6.45, 7) is 0. The van der Waals surface area contributed by atoms with E-state index in [1.54, 1.807) is 0 Å². The standard InChI is InChI=1S/C72H58N4/c1-9-25-53(26-10-1)73(54-27-11-2-12-28-54)61-41-45-65-69(49-61)66-46-42-62(74(55-29-13-3-14-30-55)56-31-15-4-16-32-56)51-71(66)68-48-44-64(76(59-37-21-7-22-38-59)60-39-23-8-24-40-60)52-72(68)67-47-43-63(50-70(65)67)75(57-33-17-5-18-34-57)58-35-19-6-20-36-58/h1-7,9-22,25-38,41-52,60H,8,23-24,39-40H2. The van der Waals surface area contributed by atoms with E-state index in [-0.39, 0.29) is 0 Å². The Morgan fingerprint density at radius 1 is 0.197 bits per heavy atom. The van der Waals surface area contributed by atoms with Crippen LogP contribution in [0.2, 0.25) is 0 Å². The molecule has 0 aliphatic heterocycles. The van der Waals surface area contributed by atoms with E-state index in [4.69, 9.17) is 0 Å². The summed E-state index contributed by atoms with van der Waals surface area (Å²) in [5.74, 6) is 0. The normalized spacial score (nSPS) is 12.7. The fourth-order valence-corrected chi connectivity index (χ4v) is 11.8. The number of fused-ring (bicyclic) bond motifs is 8. The van der Waals surface area contributed by atoms with Gasteiger partial charge in [0.2, 0.25) is 0 Å². The molecule has 0 spiro atoms. The second-order valence-electron chi connectivity index (χ2n) is 19.9. The summed E-state index contributed by atoms with van der Waals surface area (Å²) in [7, 11) is 0. The molecule has 76 heavy (non-hydrogen) atoms. The summed E-state index contributed by atoms with van der Waals surface area (Å²) in [6.07, 6.45) is 6.11. The van der Waals surface area contributed by atoms with Crippen molar-refractivity contribution in [3.8, 4) is 44.5 Å². The summed E-state index contributed by atoms with van der Waals surface area (Å²) < 4.78 is 0. The summed E-state index contributed by atoms with van der Waals surface area (Å²) in [5, 5.41) is 0. The molecule has 4 nitrogen and oxygen atoms in total. The maximum atomic E-state index is 2.64. The van der Waals surface area contributed by atoms with Gasteiger partial charge >= 0.3 is 0 Å². The van der Waals surface area contributed by atoms with Crippen LogP contribution in [0.5, 0.6) is 0 Å². The number of hydrogen-bond donors (Lipinski definition) is 0. The zero-order chi connectivity index (χ0) is 50.6. The molecule has 2 aliphatic carbocycles. The summed E-state index contributed by atoms with van der Waals surface area (Å²) >= 11 is 0. The maximum absolute atomic E-state index is 2.64. The number of para-hydroxylation sites is 7. The van der Waals surface area contributed by atoms with E-state index >= 15 is 0 Å². The van der Waals surface area contributed by atoms with Crippen molar-refractivity contribution in [1.82, 2.24) is 0 Å². The molecule has 0 aromatic heterocycles. The number of benzene rings is 11. The molecule has 0 heterocycles. The monoisotopic (exact) mass is 978 g/mol. The lowest BCUT2D eigenvalue weighted by atomic mass is 9.80. The van der Waals surface area contributed by atoms with Crippen LogP contribution in [0.25, 0.3) is 44.5 Å². The molecule has 4 heteroatoms. The topological polar surface area (TPSA) is 13.0 Å². The Kier molecular flexibility index (Phi) is 12.7. The third-order valence-electron chi connectivity index (χ3n) is 15.3. The molecule has 0 saturated heterocycles. The van der Waals surface area contributed by atoms with Crippen LogP contribution in [0.4, 0.5) is 62.6 Å². The Morgan fingerprint density at radius 3 is 0.711 bits per heavy atom. The summed E-state index contributed by atoms with van der Waals surface area (Å²) in [4.78, 5) is 9.80. The Labute approximate surface area is 447 Å². The first-order chi connectivity index (χ1) is 37.7. The highest BCUT2D eigenvalue weighted by atomic mass is 15.2. The molecule has 11 aromatic rings. The van der Waals surface area contributed by atoms with Crippen LogP contribution in [0.15, 0.2) is 285 Å². The Bertz CT molecular complexity index is 3520. The Hall–Kier alpha value is -9.38. The summed E-state index contributed by atoms with van der Waals surface area (Å²) in [6, 6.07) is 105. The number of hydrogen-bond acceptors (Lipinski definition) is 4. The highest BCUT2D eigenvalue weighted by Crippen LogP contribution is 2.54. The molecule has 1 fully saturated rings. The van der Waals surface area contributed by atoms with Crippen molar-refractivity contribution in [3.05, 3.63) is 285 Å². The predicted molar refractivity (Wildman–Crippen MR) is 321 cm³/mol. The van der Waals surface area contributed by atoms with Crippen LogP contribution < -0.4 is 19.6 Å². The average Bonchev–Trinajstić information content (AvgIpc) is 3.56. The van der Waals surface area contributed by atoms with Crippen molar-refractivity contribution in [2.24, 2.45) is 0 Å². The van der Waals surface area contributed by atoms with Crippen molar-refractivity contribution >= 4 is 62.6 Å². The van der Waals surface area contributed by atoms with Gasteiger partial charge in [-0.15, -0.1) is 0 Å². The Morgan fingerprint density at radius 2 is 0.434 bits per heavy atom. The van der Waals surface area contributed by atoms with Crippen molar-refractivity contribution in [2.45, 2.75) is 38.1 Å². The van der Waals surface area contributed by atoms with Gasteiger partial charge in [0.15, 0.2) is 0 Å². The van der Waals surface area contributed by atoms with Crippen molar-refractivity contribution in [3.63, 3.8) is 0 Å². The maximum Gasteiger partial charge on any atom is 0.0468 e. The van der Waals surface area contributed by atoms with Gasteiger partial charge in [0, 0.05) is 68.6 Å². The van der Waals surface area contributed by atoms with Gasteiger partial charge in [-0.25, -0.2) is 0 Å². The molecular formula is C72H58N4. The van der Waals surface area contributed by atoms with Crippen molar-refractivity contribution in [2.75, 3.05) is 19.6 Å². The van der Waals surface area contributed by atoms with Gasteiger partial charge in [0.25, 0.3) is 0 Å². The lowest BCUT2D eigenvalue weighted by Crippen LogP contribution is -2.32. The van der Waals surface area contributed by atoms with Gasteiger partial charge in [-0.05, 0) is 191 Å². The number of nitrogens with zero attached hydrogens (tertiary/aromatic N) is 4. The van der Waals surface area contributed by atoms with E-state index in [0.29, 0.717) is 6.04 Å². The van der Waals surface area contributed by atoms with E-state index in [9.17, 15) is 0 Å². The van der Waals surface area contributed by atoms with E-state index in [1.807, 2.05) is 0 Å². The third-order valence-corrected chi connectivity index (χ3v) is 15.3. The first kappa shape index (κ1) is 46.4. The molecule has 11 aromatic carbocycles. The second-order valence-corrected chi connectivity index (χ2v) is 19.9. The highest BCUT2D eigenvalue weighted by Gasteiger charge is 2.29. The molecule has 1 saturated carbocycles. The van der Waals surface area contributed by atoms with Gasteiger partial charge < -0.3 is 19.6 Å². The van der Waals surface area contributed by atoms with Crippen LogP contribution in [-0.4, -0.2) is 6.04 Å². The lowest BCUT2D eigenvalue weighted by Gasteiger charge is -2.37. The van der Waals surface area contributed by atoms with Gasteiger partial charge in [-0.3, -0.25) is 0 Å². The summed E-state index contributed by atoms with van der Waals surface area (Å²) in [5.41, 5.74) is 21.7. The number of anilines is 11. The van der Waals surface area contributed by atoms with E-state index in [0.717, 1.165) is 56.7 Å². The van der Waals surface area contributed by atoms with Crippen LogP contribution in [0.1, 0.15) is 32.1 Å². The van der Waals surface area contributed by atoms with Gasteiger partial charge in [0.1, 0.15) is 0 Å². The molecule has 0 amide bonds. The van der Waals surface area contributed by atoms with E-state index in [2.05, 4.69) is 305 Å². The van der Waals surface area contributed by atoms with Crippen LogP contribution >= 0.6 is 0 Å². The van der Waals surface area contributed by atoms with Gasteiger partial charge in [0.05, 0.1) is 0 Å². The van der Waals surface area contributed by atoms with Crippen molar-refractivity contribution in [1.29, 1.82) is 0 Å². The molecular weight excluding hydrogens is 921 g/mol. The quantitative estimate of drug-likeness (QED) is 0.121. The van der Waals surface area contributed by atoms with E-state index < -0.39 is 0 Å². The fraction of sp³-hybridized carbons (Fsp3) is 0.0833. The first-order valence-corrected chi connectivity index (χ1v) is 26.9. The first-order valence-electron chi connectivity index (χ1n) is 26.9. The minimum atomic E-state index is 0.399. The molecule has 0 bridgehead atoms. The van der Waals surface area contributed by atoms with Gasteiger partial charge in [-0.1, -0.05) is 171 Å². The van der Waals surface area contributed by atoms with Crippen molar-refractivity contribution < 1.29 is 0 Å². The molecule has 366 valence electrons. The zero-order valence-corrected chi connectivity index (χ0v) is 42.5. The van der Waals surface area contributed by atoms with Crippen LogP contribution in [0.3, 0.4) is 0 Å².